The highest BCUT2D eigenvalue weighted by Crippen LogP contribution is 2.18. The van der Waals surface area contributed by atoms with Crippen molar-refractivity contribution >= 4 is 11.7 Å². The van der Waals surface area contributed by atoms with Crippen LogP contribution in [0.2, 0.25) is 0 Å². The highest BCUT2D eigenvalue weighted by atomic mass is 16.6. The van der Waals surface area contributed by atoms with Crippen LogP contribution in [0.25, 0.3) is 0 Å². The average Bonchev–Trinajstić information content (AvgIpc) is 3.32. The van der Waals surface area contributed by atoms with E-state index in [1.54, 1.807) is 7.11 Å². The Morgan fingerprint density at radius 1 is 1.28 bits per heavy atom. The minimum atomic E-state index is -0.200. The molecule has 0 saturated carbocycles. The number of urea groups is 1. The molecular weight excluding hydrogens is 320 g/mol. The highest BCUT2D eigenvalue weighted by molar-refractivity contribution is 6.01. The average molecular weight is 342 g/mol. The number of nitrogens with zero attached hydrogens (tertiary/aromatic N) is 2. The lowest BCUT2D eigenvalue weighted by molar-refractivity contribution is 0.0865. The maximum absolute atomic E-state index is 11.8. The Hall–Kier alpha value is -2.96. The number of benzene rings is 1. The zero-order valence-corrected chi connectivity index (χ0v) is 14.1. The van der Waals surface area contributed by atoms with E-state index in [0.717, 1.165) is 23.6 Å². The van der Waals surface area contributed by atoms with Crippen LogP contribution in [0.3, 0.4) is 0 Å². The first kappa shape index (κ1) is 16.9. The van der Waals surface area contributed by atoms with Crippen LogP contribution < -0.4 is 15.4 Å². The molecule has 1 unspecified atom stereocenters. The number of nitrogens with one attached hydrogen (secondary N) is 2. The summed E-state index contributed by atoms with van der Waals surface area (Å²) in [5, 5.41) is 9.76. The largest absolute Gasteiger partial charge is 0.497 e. The maximum atomic E-state index is 11.8. The van der Waals surface area contributed by atoms with Crippen LogP contribution in [0.4, 0.5) is 4.79 Å². The Morgan fingerprint density at radius 2 is 2.04 bits per heavy atom. The Kier molecular flexibility index (Phi) is 5.56. The van der Waals surface area contributed by atoms with E-state index in [1.165, 1.54) is 0 Å². The van der Waals surface area contributed by atoms with E-state index in [4.69, 9.17) is 9.57 Å². The van der Waals surface area contributed by atoms with Gasteiger partial charge in [0.1, 0.15) is 5.75 Å². The maximum Gasteiger partial charge on any atom is 0.314 e. The van der Waals surface area contributed by atoms with E-state index in [2.05, 4.69) is 15.8 Å². The van der Waals surface area contributed by atoms with Gasteiger partial charge in [-0.1, -0.05) is 5.16 Å². The first-order valence-electron chi connectivity index (χ1n) is 8.24. The molecule has 1 aromatic heterocycles. The molecule has 3 rings (SSSR count). The van der Waals surface area contributed by atoms with E-state index in [0.29, 0.717) is 19.5 Å². The lowest BCUT2D eigenvalue weighted by Crippen LogP contribution is -2.40. The molecule has 7 heteroatoms. The first-order chi connectivity index (χ1) is 12.2. The van der Waals surface area contributed by atoms with Crippen molar-refractivity contribution in [2.45, 2.75) is 19.1 Å². The van der Waals surface area contributed by atoms with Crippen molar-refractivity contribution in [3.63, 3.8) is 0 Å². The molecule has 0 spiro atoms. The predicted octanol–water partition coefficient (Wildman–Crippen LogP) is 1.99. The van der Waals surface area contributed by atoms with E-state index >= 15 is 0 Å². The van der Waals surface area contributed by atoms with Crippen LogP contribution in [-0.2, 0) is 11.4 Å². The van der Waals surface area contributed by atoms with Gasteiger partial charge in [-0.3, -0.25) is 0 Å². The molecular formula is C18H22N4O3. The Labute approximate surface area is 146 Å². The summed E-state index contributed by atoms with van der Waals surface area (Å²) in [4.78, 5) is 17.2. The van der Waals surface area contributed by atoms with Crippen LogP contribution in [0.1, 0.15) is 12.0 Å². The van der Waals surface area contributed by atoms with Crippen molar-refractivity contribution in [1.29, 1.82) is 0 Å². The van der Waals surface area contributed by atoms with Gasteiger partial charge in [0.15, 0.2) is 6.10 Å². The number of carbonyl (C=O) groups is 1. The minimum Gasteiger partial charge on any atom is -0.497 e. The lowest BCUT2D eigenvalue weighted by atomic mass is 10.0. The Bertz CT molecular complexity index is 710. The summed E-state index contributed by atoms with van der Waals surface area (Å²) in [6, 6.07) is 11.4. The molecule has 0 aliphatic carbocycles. The third kappa shape index (κ3) is 4.76. The second-order valence-electron chi connectivity index (χ2n) is 5.76. The molecule has 2 aromatic rings. The molecule has 25 heavy (non-hydrogen) atoms. The quantitative estimate of drug-likeness (QED) is 0.808. The number of oxime groups is 1. The van der Waals surface area contributed by atoms with E-state index in [1.807, 2.05) is 53.4 Å². The van der Waals surface area contributed by atoms with Crippen LogP contribution in [-0.4, -0.2) is 42.6 Å². The summed E-state index contributed by atoms with van der Waals surface area (Å²) in [5.41, 5.74) is 1.88. The molecule has 1 aromatic carbocycles. The van der Waals surface area contributed by atoms with Crippen molar-refractivity contribution in [2.75, 3.05) is 20.2 Å². The molecule has 0 bridgehead atoms. The van der Waals surface area contributed by atoms with Crippen molar-refractivity contribution in [3.05, 3.63) is 54.4 Å². The van der Waals surface area contributed by atoms with Gasteiger partial charge in [-0.15, -0.1) is 0 Å². The number of methoxy groups -OCH3 is 1. The molecule has 1 atom stereocenters. The van der Waals surface area contributed by atoms with Crippen molar-refractivity contribution in [3.8, 4) is 5.75 Å². The molecule has 1 aliphatic heterocycles. The van der Waals surface area contributed by atoms with Gasteiger partial charge < -0.3 is 24.8 Å². The summed E-state index contributed by atoms with van der Waals surface area (Å²) >= 11 is 0. The zero-order valence-electron chi connectivity index (χ0n) is 14.1. The topological polar surface area (TPSA) is 76.9 Å². The highest BCUT2D eigenvalue weighted by Gasteiger charge is 2.22. The summed E-state index contributed by atoms with van der Waals surface area (Å²) < 4.78 is 7.16. The fourth-order valence-corrected chi connectivity index (χ4v) is 2.58. The monoisotopic (exact) mass is 342 g/mol. The minimum absolute atomic E-state index is 0.146. The van der Waals surface area contributed by atoms with Gasteiger partial charge in [-0.2, -0.15) is 0 Å². The van der Waals surface area contributed by atoms with Gasteiger partial charge in [0.25, 0.3) is 0 Å². The van der Waals surface area contributed by atoms with Crippen LogP contribution in [0.5, 0.6) is 5.75 Å². The summed E-state index contributed by atoms with van der Waals surface area (Å²) in [6.45, 7) is 1.73. The van der Waals surface area contributed by atoms with Gasteiger partial charge in [0.05, 0.1) is 19.4 Å². The molecule has 0 radical (unpaired) electrons. The zero-order chi connectivity index (χ0) is 17.5. The summed E-state index contributed by atoms with van der Waals surface area (Å²) in [6.07, 6.45) is 4.44. The Morgan fingerprint density at radius 3 is 2.76 bits per heavy atom. The number of aromatic nitrogens is 1. The van der Waals surface area contributed by atoms with Crippen LogP contribution in [0.15, 0.2) is 53.9 Å². The molecule has 1 aliphatic rings. The molecule has 7 nitrogen and oxygen atoms in total. The predicted molar refractivity (Wildman–Crippen MR) is 94.9 cm³/mol. The molecule has 132 valence electrons. The molecule has 0 fully saturated rings. The first-order valence-corrected chi connectivity index (χ1v) is 8.24. The third-order valence-corrected chi connectivity index (χ3v) is 3.97. The van der Waals surface area contributed by atoms with Crippen molar-refractivity contribution in [1.82, 2.24) is 15.2 Å². The standard InChI is InChI=1S/C18H22N4O3/c1-24-15-6-4-14(5-7-15)17-12-16(25-21-17)13-20-18(23)19-8-11-22-9-2-3-10-22/h2-7,9-10,16H,8,11-13H2,1H3,(H2,19,20,23). The lowest BCUT2D eigenvalue weighted by Gasteiger charge is -2.11. The normalized spacial score (nSPS) is 16.0. The SMILES string of the molecule is COc1ccc(C2=NOC(CNC(=O)NCCn3cccc3)C2)cc1. The van der Waals surface area contributed by atoms with Gasteiger partial charge in [-0.05, 0) is 42.0 Å². The molecule has 2 amide bonds. The second-order valence-corrected chi connectivity index (χ2v) is 5.76. The van der Waals surface area contributed by atoms with Crippen LogP contribution >= 0.6 is 0 Å². The van der Waals surface area contributed by atoms with E-state index in [9.17, 15) is 4.79 Å². The molecule has 2 heterocycles. The summed E-state index contributed by atoms with van der Waals surface area (Å²) in [5.74, 6) is 0.804. The summed E-state index contributed by atoms with van der Waals surface area (Å²) in [7, 11) is 1.64. The van der Waals surface area contributed by atoms with E-state index in [-0.39, 0.29) is 12.1 Å². The molecule has 2 N–H and O–H groups in total. The number of carbonyl (C=O) groups excluding carboxylic acids is 1. The Balaban J connectivity index is 1.36. The number of ether oxygens (including phenoxy) is 1. The number of amides is 2. The smallest absolute Gasteiger partial charge is 0.314 e. The fourth-order valence-electron chi connectivity index (χ4n) is 2.58. The van der Waals surface area contributed by atoms with Crippen LogP contribution in [0, 0.1) is 0 Å². The van der Waals surface area contributed by atoms with Crippen molar-refractivity contribution < 1.29 is 14.4 Å². The van der Waals surface area contributed by atoms with Gasteiger partial charge in [-0.25, -0.2) is 4.79 Å². The number of hydrogen-bond acceptors (Lipinski definition) is 4. The second kappa shape index (κ2) is 8.23. The van der Waals surface area contributed by atoms with Crippen molar-refractivity contribution in [2.24, 2.45) is 5.16 Å². The van der Waals surface area contributed by atoms with Gasteiger partial charge in [0, 0.05) is 31.9 Å². The van der Waals surface area contributed by atoms with Gasteiger partial charge >= 0.3 is 6.03 Å². The number of rotatable bonds is 7. The van der Waals surface area contributed by atoms with E-state index < -0.39 is 0 Å². The van der Waals surface area contributed by atoms with Gasteiger partial charge in [0.2, 0.25) is 0 Å². The number of hydrogen-bond donors (Lipinski definition) is 2. The molecule has 0 saturated heterocycles. The fraction of sp³-hybridized carbons (Fsp3) is 0.333. The third-order valence-electron chi connectivity index (χ3n) is 3.97.